The van der Waals surface area contributed by atoms with Crippen LogP contribution >= 0.6 is 11.3 Å². The van der Waals surface area contributed by atoms with Gasteiger partial charge in [0, 0.05) is 4.70 Å². The summed E-state index contributed by atoms with van der Waals surface area (Å²) in [6, 6.07) is 9.16. The van der Waals surface area contributed by atoms with Gasteiger partial charge in [0.2, 0.25) is 5.91 Å². The van der Waals surface area contributed by atoms with Gasteiger partial charge in [0.05, 0.1) is 4.88 Å². The quantitative estimate of drug-likeness (QED) is 0.890. The normalized spacial score (nSPS) is 16.7. The maximum atomic E-state index is 12.4. The summed E-state index contributed by atoms with van der Waals surface area (Å²) in [4.78, 5) is 24.7. The summed E-state index contributed by atoms with van der Waals surface area (Å²) in [5.41, 5.74) is 5.47. The molecule has 3 N–H and O–H groups in total. The van der Waals surface area contributed by atoms with E-state index in [-0.39, 0.29) is 5.91 Å². The van der Waals surface area contributed by atoms with Crippen molar-refractivity contribution in [2.24, 2.45) is 11.7 Å². The van der Waals surface area contributed by atoms with Gasteiger partial charge in [-0.2, -0.15) is 0 Å². The van der Waals surface area contributed by atoms with Gasteiger partial charge in [-0.3, -0.25) is 9.59 Å². The van der Waals surface area contributed by atoms with Crippen molar-refractivity contribution < 1.29 is 9.59 Å². The molecule has 2 aromatic rings. The highest BCUT2D eigenvalue weighted by Crippen LogP contribution is 2.29. The van der Waals surface area contributed by atoms with E-state index in [4.69, 9.17) is 5.73 Å². The summed E-state index contributed by atoms with van der Waals surface area (Å²) in [5.74, 6) is -0.149. The summed E-state index contributed by atoms with van der Waals surface area (Å²) >= 11 is 1.44. The summed E-state index contributed by atoms with van der Waals surface area (Å²) in [5, 5.41) is 3.86. The van der Waals surface area contributed by atoms with E-state index in [9.17, 15) is 9.59 Å². The number of amides is 2. The Morgan fingerprint density at radius 1 is 1.27 bits per heavy atom. The van der Waals surface area contributed by atoms with E-state index in [1.807, 2.05) is 30.3 Å². The zero-order valence-corrected chi connectivity index (χ0v) is 13.2. The molecular formula is C17H20N2O2S. The molecule has 3 rings (SSSR count). The molecule has 1 aliphatic carbocycles. The first-order chi connectivity index (χ1) is 10.6. The molecule has 0 aliphatic heterocycles. The zero-order chi connectivity index (χ0) is 15.5. The third-order valence-electron chi connectivity index (χ3n) is 4.34. The second-order valence-corrected chi connectivity index (χ2v) is 7.05. The molecule has 1 aliphatic rings. The molecule has 2 amide bonds. The number of benzene rings is 1. The Labute approximate surface area is 133 Å². The highest BCUT2D eigenvalue weighted by Gasteiger charge is 2.25. The lowest BCUT2D eigenvalue weighted by molar-refractivity contribution is -0.120. The molecule has 1 fully saturated rings. The largest absolute Gasteiger partial charge is 0.368 e. The van der Waals surface area contributed by atoms with Crippen LogP contribution in [0.15, 0.2) is 30.3 Å². The first-order valence-electron chi connectivity index (χ1n) is 7.72. The van der Waals surface area contributed by atoms with Crippen molar-refractivity contribution in [3.63, 3.8) is 0 Å². The van der Waals surface area contributed by atoms with Crippen LogP contribution in [-0.4, -0.2) is 17.9 Å². The molecule has 0 saturated heterocycles. The maximum Gasteiger partial charge on any atom is 0.262 e. The van der Waals surface area contributed by atoms with Crippen LogP contribution in [-0.2, 0) is 4.79 Å². The molecule has 1 atom stereocenters. The molecule has 4 nitrogen and oxygen atoms in total. The Bertz CT molecular complexity index is 656. The number of primary amides is 1. The number of nitrogens with two attached hydrogens (primary N) is 1. The van der Waals surface area contributed by atoms with Gasteiger partial charge < -0.3 is 11.1 Å². The standard InChI is InChI=1S/C17H20N2O2S/c18-16(20)13(9-11-5-1-2-6-11)19-17(21)15-10-12-7-3-4-8-14(12)22-15/h3-4,7-8,10-11,13H,1-2,5-6,9H2,(H2,18,20)(H,19,21)/t13-/m0/s1. The van der Waals surface area contributed by atoms with E-state index in [2.05, 4.69) is 5.32 Å². The van der Waals surface area contributed by atoms with Crippen molar-refractivity contribution in [3.05, 3.63) is 35.2 Å². The molecule has 1 heterocycles. The molecule has 1 aromatic heterocycles. The molecule has 22 heavy (non-hydrogen) atoms. The molecule has 5 heteroatoms. The van der Waals surface area contributed by atoms with Crippen LogP contribution in [0, 0.1) is 5.92 Å². The molecule has 0 bridgehead atoms. The van der Waals surface area contributed by atoms with Crippen molar-refractivity contribution in [3.8, 4) is 0 Å². The molecule has 0 unspecified atom stereocenters. The van der Waals surface area contributed by atoms with Gasteiger partial charge in [-0.1, -0.05) is 43.9 Å². The molecular weight excluding hydrogens is 296 g/mol. The summed E-state index contributed by atoms with van der Waals surface area (Å²) in [6.45, 7) is 0. The first kappa shape index (κ1) is 15.0. The topological polar surface area (TPSA) is 72.2 Å². The SMILES string of the molecule is NC(=O)[C@H](CC1CCCC1)NC(=O)c1cc2ccccc2s1. The second-order valence-electron chi connectivity index (χ2n) is 5.96. The monoisotopic (exact) mass is 316 g/mol. The number of carbonyl (C=O) groups is 2. The number of rotatable bonds is 5. The van der Waals surface area contributed by atoms with Crippen molar-refractivity contribution >= 4 is 33.2 Å². The number of nitrogens with one attached hydrogen (secondary N) is 1. The fraction of sp³-hybridized carbons (Fsp3) is 0.412. The Morgan fingerprint density at radius 3 is 2.68 bits per heavy atom. The minimum Gasteiger partial charge on any atom is -0.368 e. The Hall–Kier alpha value is -1.88. The molecule has 1 aromatic carbocycles. The van der Waals surface area contributed by atoms with Crippen LogP contribution < -0.4 is 11.1 Å². The van der Waals surface area contributed by atoms with Crippen LogP contribution in [0.4, 0.5) is 0 Å². The molecule has 0 radical (unpaired) electrons. The highest BCUT2D eigenvalue weighted by atomic mass is 32.1. The lowest BCUT2D eigenvalue weighted by Crippen LogP contribution is -2.45. The van der Waals surface area contributed by atoms with Gasteiger partial charge in [0.1, 0.15) is 6.04 Å². The predicted octanol–water partition coefficient (Wildman–Crippen LogP) is 3.07. The lowest BCUT2D eigenvalue weighted by Gasteiger charge is -2.18. The van der Waals surface area contributed by atoms with Crippen molar-refractivity contribution in [1.29, 1.82) is 0 Å². The molecule has 116 valence electrons. The van der Waals surface area contributed by atoms with Gasteiger partial charge in [0.15, 0.2) is 0 Å². The van der Waals surface area contributed by atoms with Gasteiger partial charge >= 0.3 is 0 Å². The van der Waals surface area contributed by atoms with Gasteiger partial charge in [-0.05, 0) is 29.9 Å². The van der Waals surface area contributed by atoms with Crippen molar-refractivity contribution in [2.45, 2.75) is 38.1 Å². The minimum atomic E-state index is -0.569. The van der Waals surface area contributed by atoms with Crippen LogP contribution in [0.2, 0.25) is 0 Å². The average Bonchev–Trinajstić information content (AvgIpc) is 3.15. The van der Waals surface area contributed by atoms with Gasteiger partial charge in [-0.15, -0.1) is 11.3 Å². The Kier molecular flexibility index (Phi) is 4.43. The Balaban J connectivity index is 1.71. The number of thiophene rings is 1. The third-order valence-corrected chi connectivity index (χ3v) is 5.46. The smallest absolute Gasteiger partial charge is 0.262 e. The van der Waals surface area contributed by atoms with Crippen LogP contribution in [0.5, 0.6) is 0 Å². The van der Waals surface area contributed by atoms with E-state index in [1.54, 1.807) is 0 Å². The predicted molar refractivity (Wildman–Crippen MR) is 88.8 cm³/mol. The third kappa shape index (κ3) is 3.30. The van der Waals surface area contributed by atoms with Crippen LogP contribution in [0.1, 0.15) is 41.8 Å². The number of carbonyl (C=O) groups excluding carboxylic acids is 2. The van der Waals surface area contributed by atoms with E-state index < -0.39 is 11.9 Å². The summed E-state index contributed by atoms with van der Waals surface area (Å²) in [7, 11) is 0. The van der Waals surface area contributed by atoms with Crippen LogP contribution in [0.25, 0.3) is 10.1 Å². The molecule has 0 spiro atoms. The van der Waals surface area contributed by atoms with E-state index in [1.165, 1.54) is 24.2 Å². The van der Waals surface area contributed by atoms with E-state index in [0.717, 1.165) is 22.9 Å². The van der Waals surface area contributed by atoms with E-state index in [0.29, 0.717) is 17.2 Å². The summed E-state index contributed by atoms with van der Waals surface area (Å²) < 4.78 is 1.07. The average molecular weight is 316 g/mol. The first-order valence-corrected chi connectivity index (χ1v) is 8.54. The van der Waals surface area contributed by atoms with Crippen molar-refractivity contribution in [2.75, 3.05) is 0 Å². The lowest BCUT2D eigenvalue weighted by atomic mass is 9.98. The van der Waals surface area contributed by atoms with Gasteiger partial charge in [-0.25, -0.2) is 0 Å². The number of fused-ring (bicyclic) bond motifs is 1. The minimum absolute atomic E-state index is 0.206. The molecule has 1 saturated carbocycles. The zero-order valence-electron chi connectivity index (χ0n) is 12.4. The second kappa shape index (κ2) is 6.48. The summed E-state index contributed by atoms with van der Waals surface area (Å²) in [6.07, 6.45) is 5.33. The maximum absolute atomic E-state index is 12.4. The Morgan fingerprint density at radius 2 is 2.00 bits per heavy atom. The van der Waals surface area contributed by atoms with Crippen LogP contribution in [0.3, 0.4) is 0 Å². The highest BCUT2D eigenvalue weighted by molar-refractivity contribution is 7.20. The number of hydrogen-bond donors (Lipinski definition) is 2. The van der Waals surface area contributed by atoms with E-state index >= 15 is 0 Å². The van der Waals surface area contributed by atoms with Crippen molar-refractivity contribution in [1.82, 2.24) is 5.32 Å². The fourth-order valence-electron chi connectivity index (χ4n) is 3.15. The fourth-order valence-corrected chi connectivity index (χ4v) is 4.11. The number of hydrogen-bond acceptors (Lipinski definition) is 3. The van der Waals surface area contributed by atoms with Gasteiger partial charge in [0.25, 0.3) is 5.91 Å².